The molecule has 1 atom stereocenters. The molecule has 128 valence electrons. The number of para-hydroxylation sites is 2. The lowest BCUT2D eigenvalue weighted by Gasteiger charge is -2.23. The fourth-order valence-corrected chi connectivity index (χ4v) is 2.53. The van der Waals surface area contributed by atoms with E-state index in [2.05, 4.69) is 27.7 Å². The molecule has 2 rings (SSSR count). The number of amides is 2. The Hall–Kier alpha value is -2.53. The van der Waals surface area contributed by atoms with Crippen molar-refractivity contribution in [3.05, 3.63) is 60.2 Å². The number of rotatable bonds is 7. The van der Waals surface area contributed by atoms with Crippen LogP contribution in [0.15, 0.2) is 54.6 Å². The van der Waals surface area contributed by atoms with Crippen molar-refractivity contribution < 1.29 is 9.53 Å². The van der Waals surface area contributed by atoms with E-state index in [0.717, 1.165) is 17.9 Å². The lowest BCUT2D eigenvalue weighted by molar-refractivity contribution is 0.173. The summed E-state index contributed by atoms with van der Waals surface area (Å²) in [6, 6.07) is 17.7. The number of hydrogen-bond acceptors (Lipinski definition) is 3. The molecule has 2 N–H and O–H groups in total. The Balaban J connectivity index is 2.05. The summed E-state index contributed by atoms with van der Waals surface area (Å²) in [6.07, 6.45) is 0. The number of ether oxygens (including phenoxy) is 1. The molecule has 0 fully saturated rings. The van der Waals surface area contributed by atoms with Crippen LogP contribution in [0.5, 0.6) is 0 Å². The van der Waals surface area contributed by atoms with Crippen LogP contribution in [0.25, 0.3) is 0 Å². The van der Waals surface area contributed by atoms with Gasteiger partial charge in [-0.05, 0) is 24.6 Å². The molecular formula is C19H25N3O2. The third kappa shape index (κ3) is 5.28. The van der Waals surface area contributed by atoms with Crippen molar-refractivity contribution in [2.75, 3.05) is 31.0 Å². The van der Waals surface area contributed by atoms with Crippen LogP contribution < -0.4 is 15.5 Å². The Labute approximate surface area is 143 Å². The fraction of sp³-hybridized carbons (Fsp3) is 0.316. The molecule has 0 bridgehead atoms. The van der Waals surface area contributed by atoms with E-state index in [4.69, 9.17) is 4.74 Å². The smallest absolute Gasteiger partial charge is 0.319 e. The van der Waals surface area contributed by atoms with Gasteiger partial charge in [0.1, 0.15) is 0 Å². The summed E-state index contributed by atoms with van der Waals surface area (Å²) < 4.78 is 5.03. The van der Waals surface area contributed by atoms with E-state index < -0.39 is 0 Å². The molecule has 1 unspecified atom stereocenters. The third-order valence-electron chi connectivity index (χ3n) is 3.62. The summed E-state index contributed by atoms with van der Waals surface area (Å²) in [6.45, 7) is 3.14. The SMILES string of the molecule is COCC(C)NC(=O)Nc1ccccc1N(C)Cc1ccccc1. The predicted octanol–water partition coefficient (Wildman–Crippen LogP) is 3.48. The highest BCUT2D eigenvalue weighted by Crippen LogP contribution is 2.25. The monoisotopic (exact) mass is 327 g/mol. The number of carbonyl (C=O) groups is 1. The molecule has 24 heavy (non-hydrogen) atoms. The number of nitrogens with one attached hydrogen (secondary N) is 2. The molecule has 0 saturated carbocycles. The van der Waals surface area contributed by atoms with Crippen LogP contribution in [0.3, 0.4) is 0 Å². The molecule has 0 aliphatic rings. The summed E-state index contributed by atoms with van der Waals surface area (Å²) >= 11 is 0. The molecule has 0 aliphatic carbocycles. The molecule has 0 heterocycles. The second-order valence-electron chi connectivity index (χ2n) is 5.81. The third-order valence-corrected chi connectivity index (χ3v) is 3.62. The highest BCUT2D eigenvalue weighted by molar-refractivity contribution is 5.93. The largest absolute Gasteiger partial charge is 0.383 e. The van der Waals surface area contributed by atoms with E-state index in [1.807, 2.05) is 56.4 Å². The molecule has 0 aliphatic heterocycles. The van der Waals surface area contributed by atoms with E-state index in [1.165, 1.54) is 5.56 Å². The summed E-state index contributed by atoms with van der Waals surface area (Å²) in [4.78, 5) is 14.2. The standard InChI is InChI=1S/C19H25N3O2/c1-15(14-24-3)20-19(23)21-17-11-7-8-12-18(17)22(2)13-16-9-5-4-6-10-16/h4-12,15H,13-14H2,1-3H3,(H2,20,21,23). The first kappa shape index (κ1) is 17.8. The Morgan fingerprint density at radius 1 is 1.12 bits per heavy atom. The van der Waals surface area contributed by atoms with E-state index in [9.17, 15) is 4.79 Å². The molecule has 2 aromatic rings. The quantitative estimate of drug-likeness (QED) is 0.818. The number of benzene rings is 2. The number of anilines is 2. The van der Waals surface area contributed by atoms with Crippen molar-refractivity contribution in [2.45, 2.75) is 19.5 Å². The van der Waals surface area contributed by atoms with Gasteiger partial charge in [-0.3, -0.25) is 0 Å². The molecule has 0 saturated heterocycles. The Bertz CT molecular complexity index is 646. The van der Waals surface area contributed by atoms with Gasteiger partial charge in [-0.1, -0.05) is 42.5 Å². The van der Waals surface area contributed by atoms with Crippen molar-refractivity contribution in [3.8, 4) is 0 Å². The van der Waals surface area contributed by atoms with Gasteiger partial charge in [0.2, 0.25) is 0 Å². The summed E-state index contributed by atoms with van der Waals surface area (Å²) in [5.74, 6) is 0. The maximum atomic E-state index is 12.1. The van der Waals surface area contributed by atoms with Gasteiger partial charge in [0.05, 0.1) is 24.0 Å². The van der Waals surface area contributed by atoms with Crippen molar-refractivity contribution in [1.82, 2.24) is 5.32 Å². The maximum Gasteiger partial charge on any atom is 0.319 e. The first-order chi connectivity index (χ1) is 11.6. The van der Waals surface area contributed by atoms with E-state index in [0.29, 0.717) is 6.61 Å². The fourth-order valence-electron chi connectivity index (χ4n) is 2.53. The molecule has 0 radical (unpaired) electrons. The second-order valence-corrected chi connectivity index (χ2v) is 5.81. The highest BCUT2D eigenvalue weighted by Gasteiger charge is 2.12. The molecular weight excluding hydrogens is 302 g/mol. The van der Waals surface area contributed by atoms with E-state index in [-0.39, 0.29) is 12.1 Å². The average Bonchev–Trinajstić information content (AvgIpc) is 2.56. The normalized spacial score (nSPS) is 11.6. The van der Waals surface area contributed by atoms with Crippen LogP contribution in [0.4, 0.5) is 16.2 Å². The average molecular weight is 327 g/mol. The Kier molecular flexibility index (Phi) is 6.63. The van der Waals surface area contributed by atoms with Crippen LogP contribution in [-0.2, 0) is 11.3 Å². The van der Waals surface area contributed by atoms with Crippen molar-refractivity contribution >= 4 is 17.4 Å². The number of urea groups is 1. The van der Waals surface area contributed by atoms with Gasteiger partial charge in [0.15, 0.2) is 0 Å². The zero-order chi connectivity index (χ0) is 17.4. The lowest BCUT2D eigenvalue weighted by atomic mass is 10.2. The van der Waals surface area contributed by atoms with Gasteiger partial charge < -0.3 is 20.3 Å². The van der Waals surface area contributed by atoms with Gasteiger partial charge in [-0.2, -0.15) is 0 Å². The second kappa shape index (κ2) is 8.93. The molecule has 0 aromatic heterocycles. The molecule has 0 spiro atoms. The minimum absolute atomic E-state index is 0.0517. The van der Waals surface area contributed by atoms with Crippen molar-refractivity contribution in [1.29, 1.82) is 0 Å². The van der Waals surface area contributed by atoms with Gasteiger partial charge in [-0.15, -0.1) is 0 Å². The van der Waals surface area contributed by atoms with Crippen LogP contribution in [0.2, 0.25) is 0 Å². The minimum atomic E-state index is -0.236. The topological polar surface area (TPSA) is 53.6 Å². The van der Waals surface area contributed by atoms with E-state index >= 15 is 0 Å². The highest BCUT2D eigenvalue weighted by atomic mass is 16.5. The van der Waals surface area contributed by atoms with Gasteiger partial charge in [0, 0.05) is 20.7 Å². The first-order valence-corrected chi connectivity index (χ1v) is 8.00. The zero-order valence-corrected chi connectivity index (χ0v) is 14.5. The van der Waals surface area contributed by atoms with Crippen LogP contribution >= 0.6 is 0 Å². The maximum absolute atomic E-state index is 12.1. The van der Waals surface area contributed by atoms with Gasteiger partial charge in [0.25, 0.3) is 0 Å². The summed E-state index contributed by atoms with van der Waals surface area (Å²) in [5, 5.41) is 5.77. The summed E-state index contributed by atoms with van der Waals surface area (Å²) in [7, 11) is 3.63. The van der Waals surface area contributed by atoms with Gasteiger partial charge in [-0.25, -0.2) is 4.79 Å². The number of carbonyl (C=O) groups excluding carboxylic acids is 1. The zero-order valence-electron chi connectivity index (χ0n) is 14.5. The Morgan fingerprint density at radius 2 is 1.79 bits per heavy atom. The van der Waals surface area contributed by atoms with Crippen LogP contribution in [0.1, 0.15) is 12.5 Å². The molecule has 5 nitrogen and oxygen atoms in total. The number of nitrogens with zero attached hydrogens (tertiary/aromatic N) is 1. The van der Waals surface area contributed by atoms with Crippen molar-refractivity contribution in [2.24, 2.45) is 0 Å². The number of hydrogen-bond donors (Lipinski definition) is 2. The predicted molar refractivity (Wildman–Crippen MR) is 98.5 cm³/mol. The van der Waals surface area contributed by atoms with Crippen LogP contribution in [-0.4, -0.2) is 32.8 Å². The van der Waals surface area contributed by atoms with Crippen molar-refractivity contribution in [3.63, 3.8) is 0 Å². The Morgan fingerprint density at radius 3 is 2.50 bits per heavy atom. The minimum Gasteiger partial charge on any atom is -0.383 e. The lowest BCUT2D eigenvalue weighted by Crippen LogP contribution is -2.38. The molecule has 2 amide bonds. The molecule has 5 heteroatoms. The molecule has 2 aromatic carbocycles. The van der Waals surface area contributed by atoms with Gasteiger partial charge >= 0.3 is 6.03 Å². The first-order valence-electron chi connectivity index (χ1n) is 8.00. The van der Waals surface area contributed by atoms with E-state index in [1.54, 1.807) is 7.11 Å². The summed E-state index contributed by atoms with van der Waals surface area (Å²) in [5.41, 5.74) is 2.96. The van der Waals surface area contributed by atoms with Crippen LogP contribution in [0, 0.1) is 0 Å². The number of methoxy groups -OCH3 is 1.